The number of halogens is 2. The highest BCUT2D eigenvalue weighted by Crippen LogP contribution is 2.51. The molecule has 2 fully saturated rings. The molecule has 4 heterocycles. The molecule has 2 atom stereocenters. The average Bonchev–Trinajstić information content (AvgIpc) is 3.74. The molecule has 56 heavy (non-hydrogen) atoms. The molecule has 6 amide bonds. The number of anilines is 2. The largest absolute Gasteiger partial charge is 0.480 e. The molecule has 284 valence electrons. The van der Waals surface area contributed by atoms with Crippen molar-refractivity contribution in [1.82, 2.24) is 9.80 Å². The molecule has 4 aliphatic heterocycles. The van der Waals surface area contributed by atoms with Crippen LogP contribution in [0, 0.1) is 0 Å². The molecule has 0 bridgehead atoms. The Bertz CT molecular complexity index is 2210. The van der Waals surface area contributed by atoms with Crippen LogP contribution < -0.4 is 9.80 Å². The fourth-order valence-corrected chi connectivity index (χ4v) is 8.10. The van der Waals surface area contributed by atoms with Gasteiger partial charge in [-0.25, -0.2) is 0 Å². The minimum atomic E-state index is -1.76. The van der Waals surface area contributed by atoms with E-state index in [0.29, 0.717) is 21.4 Å². The highest BCUT2D eigenvalue weighted by atomic mass is 35.5. The van der Waals surface area contributed by atoms with E-state index in [2.05, 4.69) is 0 Å². The number of carbonyl (C=O) groups excluding carboxylic acids is 6. The third-order valence-corrected chi connectivity index (χ3v) is 10.7. The van der Waals surface area contributed by atoms with Crippen LogP contribution in [0.4, 0.5) is 11.4 Å². The summed E-state index contributed by atoms with van der Waals surface area (Å²) >= 11 is 12.2. The Morgan fingerprint density at radius 3 is 1.20 bits per heavy atom. The monoisotopic (exact) mass is 796 g/mol. The number of aliphatic carboxylic acids is 2. The number of likely N-dealkylation sites (tertiary alicyclic amines) is 2. The number of rotatable bonds is 8. The van der Waals surface area contributed by atoms with Crippen LogP contribution in [0.25, 0.3) is 0 Å². The van der Waals surface area contributed by atoms with Gasteiger partial charge in [0.05, 0.1) is 25.9 Å². The van der Waals surface area contributed by atoms with Crippen molar-refractivity contribution in [2.75, 3.05) is 22.9 Å². The number of carboxylic acid groups (broad SMARTS) is 2. The maximum atomic E-state index is 13.3. The molecule has 4 aromatic carbocycles. The smallest absolute Gasteiger partial charge is 0.323 e. The number of nitrogens with zero attached hydrogens (tertiary/aromatic N) is 4. The van der Waals surface area contributed by atoms with Gasteiger partial charge in [0, 0.05) is 32.5 Å². The lowest BCUT2D eigenvalue weighted by Crippen LogP contribution is -2.47. The summed E-state index contributed by atoms with van der Waals surface area (Å²) in [6.45, 7) is -1.12. The second-order valence-corrected chi connectivity index (χ2v) is 14.5. The van der Waals surface area contributed by atoms with Gasteiger partial charge in [-0.3, -0.25) is 58.0 Å². The molecule has 2 N–H and O–H groups in total. The van der Waals surface area contributed by atoms with Gasteiger partial charge < -0.3 is 10.2 Å². The molecule has 2 spiro atoms. The van der Waals surface area contributed by atoms with E-state index >= 15 is 0 Å². The van der Waals surface area contributed by atoms with Crippen LogP contribution in [-0.2, 0) is 62.3 Å². The van der Waals surface area contributed by atoms with Gasteiger partial charge in [0.15, 0.2) is 10.8 Å². The van der Waals surface area contributed by atoms with Gasteiger partial charge >= 0.3 is 11.9 Å². The second-order valence-electron chi connectivity index (χ2n) is 13.6. The Morgan fingerprint density at radius 1 is 0.518 bits per heavy atom. The first-order valence-electron chi connectivity index (χ1n) is 17.1. The number of benzene rings is 4. The first-order chi connectivity index (χ1) is 26.7. The van der Waals surface area contributed by atoms with E-state index in [1.54, 1.807) is 48.5 Å². The first kappa shape index (κ1) is 37.9. The van der Waals surface area contributed by atoms with Crippen LogP contribution in [-0.4, -0.2) is 80.5 Å². The van der Waals surface area contributed by atoms with Crippen molar-refractivity contribution in [3.05, 3.63) is 129 Å². The lowest BCUT2D eigenvalue weighted by molar-refractivity contribution is -0.144. The molecular weight excluding hydrogens is 767 g/mol. The molecule has 0 radical (unpaired) electrons. The zero-order valence-electron chi connectivity index (χ0n) is 29.2. The van der Waals surface area contributed by atoms with Crippen LogP contribution in [0.3, 0.4) is 0 Å². The summed E-state index contributed by atoms with van der Waals surface area (Å²) in [6, 6.07) is 26.9. The Morgan fingerprint density at radius 2 is 0.857 bits per heavy atom. The number of hydrogen-bond donors (Lipinski definition) is 2. The van der Waals surface area contributed by atoms with Crippen molar-refractivity contribution in [3.8, 4) is 0 Å². The van der Waals surface area contributed by atoms with Crippen molar-refractivity contribution in [1.29, 1.82) is 0 Å². The molecule has 16 heteroatoms. The summed E-state index contributed by atoms with van der Waals surface area (Å²) in [7, 11) is 0. The molecule has 0 unspecified atom stereocenters. The van der Waals surface area contributed by atoms with Gasteiger partial charge in [0.1, 0.15) is 13.1 Å². The fraction of sp³-hybridized carbons (Fsp3) is 0.200. The molecule has 0 aromatic heterocycles. The highest BCUT2D eigenvalue weighted by molar-refractivity contribution is 6.34. The SMILES string of the molecule is O=C(O)CN1C(=O)[C@@]2(CC(=O)N(Cc3ccccc3)C2=O)c2cc(Cl)ccc21.O=C(O)CN1C(=O)[C@]2(CC(=O)N(Cc3ccccc3)C2=O)c2cc(Cl)ccc21. The normalized spacial score (nSPS) is 21.0. The van der Waals surface area contributed by atoms with Gasteiger partial charge in [0.2, 0.25) is 35.4 Å². The standard InChI is InChI=1S/2C20H15ClN2O5/c2*21-13-6-7-15-14(8-13)20(18(27)22(15)11-17(25)26)9-16(24)23(19(20)28)10-12-4-2-1-3-5-12/h2*1-8H,9-11H2,(H,25,26)/t2*20-/m10/s1. The number of carbonyl (C=O) groups is 8. The predicted octanol–water partition coefficient (Wildman–Crippen LogP) is 3.94. The molecule has 8 rings (SSSR count). The van der Waals surface area contributed by atoms with Gasteiger partial charge in [-0.05, 0) is 47.5 Å². The van der Waals surface area contributed by atoms with E-state index in [1.165, 1.54) is 36.4 Å². The summed E-state index contributed by atoms with van der Waals surface area (Å²) < 4.78 is 0. The van der Waals surface area contributed by atoms with E-state index in [9.17, 15) is 48.6 Å². The van der Waals surface area contributed by atoms with E-state index < -0.39 is 71.3 Å². The van der Waals surface area contributed by atoms with E-state index in [-0.39, 0.29) is 37.1 Å². The van der Waals surface area contributed by atoms with Crippen molar-refractivity contribution in [3.63, 3.8) is 0 Å². The van der Waals surface area contributed by atoms with Gasteiger partial charge in [-0.15, -0.1) is 0 Å². The van der Waals surface area contributed by atoms with Crippen molar-refractivity contribution < 1.29 is 48.6 Å². The average molecular weight is 798 g/mol. The summed E-state index contributed by atoms with van der Waals surface area (Å²) in [5, 5.41) is 19.0. The quantitative estimate of drug-likeness (QED) is 0.195. The number of amides is 6. The fourth-order valence-electron chi connectivity index (χ4n) is 7.76. The maximum Gasteiger partial charge on any atom is 0.323 e. The van der Waals surface area contributed by atoms with Crippen LogP contribution in [0.5, 0.6) is 0 Å². The zero-order valence-corrected chi connectivity index (χ0v) is 30.7. The minimum absolute atomic E-state index is 0.0440. The van der Waals surface area contributed by atoms with Crippen molar-refractivity contribution in [2.45, 2.75) is 36.8 Å². The summed E-state index contributed by atoms with van der Waals surface area (Å²) in [5.74, 6) is -6.11. The predicted molar refractivity (Wildman–Crippen MR) is 199 cm³/mol. The summed E-state index contributed by atoms with van der Waals surface area (Å²) in [5.41, 5.74) is -0.886. The topological polar surface area (TPSA) is 190 Å². The molecular formula is C40H30Cl2N4O10. The zero-order chi connectivity index (χ0) is 40.1. The Hall–Kier alpha value is -6.38. The molecule has 0 saturated carbocycles. The summed E-state index contributed by atoms with van der Waals surface area (Å²) in [6.07, 6.45) is -0.693. The highest BCUT2D eigenvalue weighted by Gasteiger charge is 2.65. The molecule has 14 nitrogen and oxygen atoms in total. The molecule has 4 aromatic rings. The van der Waals surface area contributed by atoms with Crippen LogP contribution in [0.2, 0.25) is 10.0 Å². The molecule has 2 saturated heterocycles. The van der Waals surface area contributed by atoms with E-state index in [1.807, 2.05) is 12.1 Å². The third kappa shape index (κ3) is 6.16. The second kappa shape index (κ2) is 14.4. The summed E-state index contributed by atoms with van der Waals surface area (Å²) in [4.78, 5) is 105. The maximum absolute atomic E-state index is 13.3. The Labute approximate surface area is 328 Å². The lowest BCUT2D eigenvalue weighted by Gasteiger charge is -2.22. The Balaban J connectivity index is 0.000000172. The third-order valence-electron chi connectivity index (χ3n) is 10.2. The number of carboxylic acids is 2. The van der Waals surface area contributed by atoms with Gasteiger partial charge in [-0.1, -0.05) is 83.9 Å². The molecule has 0 aliphatic carbocycles. The van der Waals surface area contributed by atoms with Crippen molar-refractivity contribution in [2.24, 2.45) is 0 Å². The van der Waals surface area contributed by atoms with Crippen LogP contribution >= 0.6 is 23.2 Å². The van der Waals surface area contributed by atoms with Gasteiger partial charge in [-0.2, -0.15) is 0 Å². The number of imide groups is 2. The Kier molecular flexibility index (Phi) is 9.72. The van der Waals surface area contributed by atoms with Crippen LogP contribution in [0.15, 0.2) is 97.1 Å². The van der Waals surface area contributed by atoms with E-state index in [4.69, 9.17) is 23.2 Å². The van der Waals surface area contributed by atoms with E-state index in [0.717, 1.165) is 30.7 Å². The van der Waals surface area contributed by atoms with Crippen molar-refractivity contribution >= 4 is 82.0 Å². The van der Waals surface area contributed by atoms with Gasteiger partial charge in [0.25, 0.3) is 0 Å². The molecule has 4 aliphatic rings. The number of fused-ring (bicyclic) bond motifs is 4. The first-order valence-corrected chi connectivity index (χ1v) is 17.9. The lowest BCUT2D eigenvalue weighted by atomic mass is 9.80. The minimum Gasteiger partial charge on any atom is -0.480 e. The number of hydrogen-bond acceptors (Lipinski definition) is 8. The van der Waals surface area contributed by atoms with Crippen LogP contribution in [0.1, 0.15) is 35.1 Å².